The van der Waals surface area contributed by atoms with E-state index in [0.29, 0.717) is 30.4 Å². The molecule has 1 aliphatic heterocycles. The molecule has 0 aromatic heterocycles. The molecule has 3 aromatic rings. The van der Waals surface area contributed by atoms with Gasteiger partial charge < -0.3 is 19.7 Å². The third-order valence-electron chi connectivity index (χ3n) is 5.82. The maximum atomic E-state index is 12.8. The van der Waals surface area contributed by atoms with Gasteiger partial charge in [0, 0.05) is 29.4 Å². The van der Waals surface area contributed by atoms with Crippen LogP contribution in [0.2, 0.25) is 10.0 Å². The first kappa shape index (κ1) is 27.3. The Morgan fingerprint density at radius 3 is 2.45 bits per heavy atom. The smallest absolute Gasteiger partial charge is 0.338 e. The summed E-state index contributed by atoms with van der Waals surface area (Å²) in [5, 5.41) is 3.26. The molecular formula is C28H24Cl2N2O6. The van der Waals surface area contributed by atoms with Gasteiger partial charge in [0.25, 0.3) is 5.91 Å². The summed E-state index contributed by atoms with van der Waals surface area (Å²) in [5.74, 6) is -1.81. The molecule has 196 valence electrons. The standard InChI is InChI=1S/C28H24Cl2N2O6/c29-20-8-11-22(23(30)14-20)24(33)17-38-28(36)19-6-9-21(10-7-19)31-26(34)15-25-27(35)32(12-13-37-25)16-18-4-2-1-3-5-18/h1-11,14,25H,12-13,15-17H2,(H,31,34). The SMILES string of the molecule is O=C(CC1OCCN(Cc2ccccc2)C1=O)Nc1ccc(C(=O)OCC(=O)c2ccc(Cl)cc2Cl)cc1. The molecule has 1 fully saturated rings. The van der Waals surface area contributed by atoms with E-state index in [1.165, 1.54) is 42.5 Å². The molecule has 0 spiro atoms. The number of hydrogen-bond donors (Lipinski definition) is 1. The van der Waals surface area contributed by atoms with Gasteiger partial charge in [-0.1, -0.05) is 53.5 Å². The number of amides is 2. The number of morpholine rings is 1. The van der Waals surface area contributed by atoms with E-state index < -0.39 is 30.4 Å². The zero-order valence-corrected chi connectivity index (χ0v) is 21.7. The molecule has 1 heterocycles. The number of anilines is 1. The Morgan fingerprint density at radius 1 is 1.00 bits per heavy atom. The summed E-state index contributed by atoms with van der Waals surface area (Å²) in [6, 6.07) is 20.0. The second-order valence-corrected chi connectivity index (χ2v) is 9.40. The van der Waals surface area contributed by atoms with Crippen molar-refractivity contribution in [1.82, 2.24) is 4.90 Å². The zero-order chi connectivity index (χ0) is 27.1. The number of esters is 1. The molecule has 1 N–H and O–H groups in total. The van der Waals surface area contributed by atoms with Crippen molar-refractivity contribution in [3.63, 3.8) is 0 Å². The summed E-state index contributed by atoms with van der Waals surface area (Å²) in [6.45, 7) is 0.772. The minimum atomic E-state index is -0.867. The molecule has 38 heavy (non-hydrogen) atoms. The number of halogens is 2. The van der Waals surface area contributed by atoms with Crippen LogP contribution < -0.4 is 5.32 Å². The van der Waals surface area contributed by atoms with Crippen molar-refractivity contribution in [2.24, 2.45) is 0 Å². The van der Waals surface area contributed by atoms with Crippen molar-refractivity contribution in [3.8, 4) is 0 Å². The van der Waals surface area contributed by atoms with Gasteiger partial charge in [0.05, 0.1) is 23.6 Å². The molecule has 3 aromatic carbocycles. The molecule has 0 radical (unpaired) electrons. The molecule has 10 heteroatoms. The summed E-state index contributed by atoms with van der Waals surface area (Å²) < 4.78 is 10.6. The van der Waals surface area contributed by atoms with Crippen molar-refractivity contribution in [1.29, 1.82) is 0 Å². The number of carbonyl (C=O) groups excluding carboxylic acids is 4. The summed E-state index contributed by atoms with van der Waals surface area (Å²) in [5.41, 5.74) is 1.83. The Bertz CT molecular complexity index is 1330. The lowest BCUT2D eigenvalue weighted by Gasteiger charge is -2.32. The highest BCUT2D eigenvalue weighted by molar-refractivity contribution is 6.36. The second-order valence-electron chi connectivity index (χ2n) is 8.56. The third-order valence-corrected chi connectivity index (χ3v) is 6.37. The minimum Gasteiger partial charge on any atom is -0.454 e. The summed E-state index contributed by atoms with van der Waals surface area (Å²) in [7, 11) is 0. The maximum absolute atomic E-state index is 12.8. The average Bonchev–Trinajstić information content (AvgIpc) is 2.90. The zero-order valence-electron chi connectivity index (χ0n) is 20.2. The normalized spacial score (nSPS) is 15.2. The molecule has 1 atom stereocenters. The van der Waals surface area contributed by atoms with Gasteiger partial charge in [0.15, 0.2) is 6.61 Å². The highest BCUT2D eigenvalue weighted by Gasteiger charge is 2.31. The molecule has 8 nitrogen and oxygen atoms in total. The number of benzene rings is 3. The quantitative estimate of drug-likeness (QED) is 0.301. The Kier molecular flexibility index (Phi) is 9.12. The van der Waals surface area contributed by atoms with Crippen LogP contribution in [0.25, 0.3) is 0 Å². The Hall–Kier alpha value is -3.72. The number of Topliss-reactive ketones (excluding diaryl/α,β-unsaturated/α-hetero) is 1. The topological polar surface area (TPSA) is 102 Å². The maximum Gasteiger partial charge on any atom is 0.338 e. The van der Waals surface area contributed by atoms with Crippen LogP contribution in [0.4, 0.5) is 5.69 Å². The highest BCUT2D eigenvalue weighted by atomic mass is 35.5. The minimum absolute atomic E-state index is 0.136. The van der Waals surface area contributed by atoms with Gasteiger partial charge in [-0.3, -0.25) is 14.4 Å². The summed E-state index contributed by atoms with van der Waals surface area (Å²) in [6.07, 6.45) is -1.00. The van der Waals surface area contributed by atoms with Crippen LogP contribution in [0.15, 0.2) is 72.8 Å². The number of carbonyl (C=O) groups is 4. The van der Waals surface area contributed by atoms with E-state index in [4.69, 9.17) is 32.7 Å². The van der Waals surface area contributed by atoms with Crippen LogP contribution in [0, 0.1) is 0 Å². The number of ketones is 1. The Morgan fingerprint density at radius 2 is 1.74 bits per heavy atom. The van der Waals surface area contributed by atoms with E-state index >= 15 is 0 Å². The van der Waals surface area contributed by atoms with Crippen molar-refractivity contribution in [3.05, 3.63) is 99.5 Å². The molecule has 0 bridgehead atoms. The van der Waals surface area contributed by atoms with Crippen LogP contribution in [0.3, 0.4) is 0 Å². The van der Waals surface area contributed by atoms with Gasteiger partial charge in [-0.2, -0.15) is 0 Å². The fourth-order valence-corrected chi connectivity index (χ4v) is 4.39. The lowest BCUT2D eigenvalue weighted by Crippen LogP contribution is -2.48. The molecule has 0 aliphatic carbocycles. The van der Waals surface area contributed by atoms with Gasteiger partial charge in [0.1, 0.15) is 6.10 Å². The van der Waals surface area contributed by atoms with Crippen LogP contribution in [-0.4, -0.2) is 54.3 Å². The van der Waals surface area contributed by atoms with Gasteiger partial charge in [-0.15, -0.1) is 0 Å². The van der Waals surface area contributed by atoms with E-state index in [1.807, 2.05) is 30.3 Å². The van der Waals surface area contributed by atoms with Gasteiger partial charge in [-0.05, 0) is 48.0 Å². The first-order chi connectivity index (χ1) is 18.3. The molecule has 4 rings (SSSR count). The molecule has 2 amide bonds. The highest BCUT2D eigenvalue weighted by Crippen LogP contribution is 2.22. The number of nitrogens with one attached hydrogen (secondary N) is 1. The van der Waals surface area contributed by atoms with Crippen molar-refractivity contribution >= 4 is 52.5 Å². The monoisotopic (exact) mass is 554 g/mol. The third kappa shape index (κ3) is 7.19. The molecule has 1 unspecified atom stereocenters. The van der Waals surface area contributed by atoms with E-state index in [2.05, 4.69) is 5.32 Å². The Labute approximate surface area is 229 Å². The molecule has 1 aliphatic rings. The lowest BCUT2D eigenvalue weighted by molar-refractivity contribution is -0.155. The average molecular weight is 555 g/mol. The van der Waals surface area contributed by atoms with Crippen molar-refractivity contribution in [2.75, 3.05) is 25.1 Å². The predicted octanol–water partition coefficient (Wildman–Crippen LogP) is 4.79. The van der Waals surface area contributed by atoms with Gasteiger partial charge >= 0.3 is 5.97 Å². The first-order valence-corrected chi connectivity index (χ1v) is 12.6. The number of rotatable bonds is 9. The molecule has 1 saturated heterocycles. The van der Waals surface area contributed by atoms with Crippen LogP contribution in [-0.2, 0) is 25.6 Å². The van der Waals surface area contributed by atoms with Crippen LogP contribution in [0.5, 0.6) is 0 Å². The molecule has 0 saturated carbocycles. The van der Waals surface area contributed by atoms with E-state index in [1.54, 1.807) is 4.90 Å². The number of nitrogens with zero attached hydrogens (tertiary/aromatic N) is 1. The van der Waals surface area contributed by atoms with Gasteiger partial charge in [0.2, 0.25) is 11.7 Å². The second kappa shape index (κ2) is 12.7. The molecular weight excluding hydrogens is 531 g/mol. The summed E-state index contributed by atoms with van der Waals surface area (Å²) in [4.78, 5) is 51.7. The van der Waals surface area contributed by atoms with E-state index in [9.17, 15) is 19.2 Å². The fourth-order valence-electron chi connectivity index (χ4n) is 3.88. The van der Waals surface area contributed by atoms with E-state index in [-0.39, 0.29) is 28.5 Å². The van der Waals surface area contributed by atoms with Gasteiger partial charge in [-0.25, -0.2) is 4.79 Å². The number of ether oxygens (including phenoxy) is 2. The van der Waals surface area contributed by atoms with Crippen molar-refractivity contribution in [2.45, 2.75) is 19.1 Å². The summed E-state index contributed by atoms with van der Waals surface area (Å²) >= 11 is 11.8. The van der Waals surface area contributed by atoms with Crippen LogP contribution >= 0.6 is 23.2 Å². The van der Waals surface area contributed by atoms with Crippen LogP contribution in [0.1, 0.15) is 32.7 Å². The predicted molar refractivity (Wildman–Crippen MR) is 142 cm³/mol. The fraction of sp³-hybridized carbons (Fsp3) is 0.214. The number of hydrogen-bond acceptors (Lipinski definition) is 6. The largest absolute Gasteiger partial charge is 0.454 e. The Balaban J connectivity index is 1.26. The lowest BCUT2D eigenvalue weighted by atomic mass is 10.1. The van der Waals surface area contributed by atoms with E-state index in [0.717, 1.165) is 5.56 Å². The first-order valence-electron chi connectivity index (χ1n) is 11.8. The van der Waals surface area contributed by atoms with Crippen molar-refractivity contribution < 1.29 is 28.7 Å².